The van der Waals surface area contributed by atoms with Gasteiger partial charge in [0.25, 0.3) is 0 Å². The molecule has 248 valence electrons. The van der Waals surface area contributed by atoms with E-state index in [0.29, 0.717) is 54.8 Å². The molecule has 1 aliphatic carbocycles. The lowest BCUT2D eigenvalue weighted by atomic mass is 10.0. The second-order valence-corrected chi connectivity index (χ2v) is 11.8. The monoisotopic (exact) mass is 637 g/mol. The smallest absolute Gasteiger partial charge is 0.229 e. The average Bonchev–Trinajstić information content (AvgIpc) is 3.78. The van der Waals surface area contributed by atoms with Crippen molar-refractivity contribution in [3.63, 3.8) is 0 Å². The zero-order valence-corrected chi connectivity index (χ0v) is 28.3. The quantitative estimate of drug-likeness (QED) is 0.177. The van der Waals surface area contributed by atoms with Crippen molar-refractivity contribution in [2.45, 2.75) is 79.2 Å². The van der Waals surface area contributed by atoms with Gasteiger partial charge in [0.1, 0.15) is 11.2 Å². The Morgan fingerprint density at radius 1 is 0.979 bits per heavy atom. The topological polar surface area (TPSA) is 102 Å². The first-order valence-corrected chi connectivity index (χ1v) is 17.1. The summed E-state index contributed by atoms with van der Waals surface area (Å²) in [5, 5.41) is 4.76. The molecule has 2 aromatic carbocycles. The van der Waals surface area contributed by atoms with Crippen LogP contribution in [0, 0.1) is 0 Å². The van der Waals surface area contributed by atoms with E-state index in [0.717, 1.165) is 53.5 Å². The van der Waals surface area contributed by atoms with E-state index < -0.39 is 0 Å². The Morgan fingerprint density at radius 3 is 2.40 bits per heavy atom. The van der Waals surface area contributed by atoms with Gasteiger partial charge >= 0.3 is 0 Å². The number of unbranched alkanes of at least 4 members (excludes halogenated alkanes) is 1. The minimum atomic E-state index is -0.0687. The van der Waals surface area contributed by atoms with E-state index in [1.54, 1.807) is 25.3 Å². The number of anilines is 3. The highest BCUT2D eigenvalue weighted by Gasteiger charge is 2.24. The molecule has 1 aliphatic heterocycles. The second-order valence-electron chi connectivity index (χ2n) is 11.8. The van der Waals surface area contributed by atoms with E-state index >= 15 is 0 Å². The summed E-state index contributed by atoms with van der Waals surface area (Å²) in [5.74, 6) is 1.06. The Kier molecular flexibility index (Phi) is 11.4. The van der Waals surface area contributed by atoms with Crippen LogP contribution >= 0.6 is 0 Å². The average molecular weight is 638 g/mol. The number of ether oxygens (including phenoxy) is 1. The van der Waals surface area contributed by atoms with E-state index in [-0.39, 0.29) is 17.3 Å². The fraction of sp³-hybridized carbons (Fsp3) is 0.421. The molecule has 2 aliphatic rings. The molecule has 4 heterocycles. The first-order chi connectivity index (χ1) is 23.0. The van der Waals surface area contributed by atoms with Crippen LogP contribution in [0.3, 0.4) is 0 Å². The lowest BCUT2D eigenvalue weighted by Crippen LogP contribution is -2.36. The predicted molar refractivity (Wildman–Crippen MR) is 191 cm³/mol. The normalized spacial score (nSPS) is 14.8. The van der Waals surface area contributed by atoms with Gasteiger partial charge in [0.05, 0.1) is 24.3 Å². The highest BCUT2D eigenvalue weighted by atomic mass is 16.5. The lowest BCUT2D eigenvalue weighted by Gasteiger charge is -2.27. The van der Waals surface area contributed by atoms with E-state index in [1.807, 2.05) is 61.2 Å². The molecule has 0 bridgehead atoms. The zero-order chi connectivity index (χ0) is 33.3. The number of aromatic nitrogens is 3. The van der Waals surface area contributed by atoms with Crippen LogP contribution in [0.4, 0.5) is 17.5 Å². The number of carbonyl (C=O) groups excluding carboxylic acids is 1. The molecule has 2 fully saturated rings. The number of hydrogen-bond acceptors (Lipinski definition) is 8. The highest BCUT2D eigenvalue weighted by Crippen LogP contribution is 2.35. The summed E-state index contributed by atoms with van der Waals surface area (Å²) in [7, 11) is 0. The fourth-order valence-corrected chi connectivity index (χ4v) is 6.10. The van der Waals surface area contributed by atoms with Crippen LogP contribution in [0.5, 0.6) is 0 Å². The molecule has 7 rings (SSSR count). The van der Waals surface area contributed by atoms with Gasteiger partial charge in [0.15, 0.2) is 17.1 Å². The number of Topliss-reactive ketones (excluding diaryl/α,β-unsaturated/α-hetero) is 1. The molecule has 3 aromatic heterocycles. The molecular formula is C38H47N5O4. The van der Waals surface area contributed by atoms with Crippen LogP contribution in [-0.4, -0.2) is 46.6 Å². The Morgan fingerprint density at radius 2 is 1.70 bits per heavy atom. The molecule has 0 radical (unpaired) electrons. The van der Waals surface area contributed by atoms with Crippen LogP contribution in [0.25, 0.3) is 33.1 Å². The maximum atomic E-state index is 13.0. The third-order valence-corrected chi connectivity index (χ3v) is 8.62. The zero-order valence-electron chi connectivity index (χ0n) is 28.3. The van der Waals surface area contributed by atoms with Gasteiger partial charge in [-0.3, -0.25) is 9.59 Å². The molecule has 1 saturated carbocycles. The maximum absolute atomic E-state index is 13.0. The summed E-state index contributed by atoms with van der Waals surface area (Å²) in [6.07, 6.45) is 8.83. The van der Waals surface area contributed by atoms with Gasteiger partial charge in [0.2, 0.25) is 5.95 Å². The number of fused-ring (bicyclic) bond motifs is 2. The summed E-state index contributed by atoms with van der Waals surface area (Å²) in [6.45, 7) is 12.5. The summed E-state index contributed by atoms with van der Waals surface area (Å²) in [5.41, 5.74) is 4.49. The molecule has 0 atom stereocenters. The van der Waals surface area contributed by atoms with E-state index in [1.165, 1.54) is 12.8 Å². The van der Waals surface area contributed by atoms with Gasteiger partial charge < -0.3 is 23.9 Å². The molecule has 5 aromatic rings. The van der Waals surface area contributed by atoms with Crippen LogP contribution in [0.15, 0.2) is 70.0 Å². The van der Waals surface area contributed by atoms with Crippen molar-refractivity contribution in [3.05, 3.63) is 76.7 Å². The number of rotatable bonds is 7. The third kappa shape index (κ3) is 7.57. The number of hydrogen-bond donors (Lipinski definition) is 1. The van der Waals surface area contributed by atoms with Gasteiger partial charge in [-0.1, -0.05) is 77.6 Å². The van der Waals surface area contributed by atoms with Crippen LogP contribution in [0.2, 0.25) is 0 Å². The number of nitrogens with zero attached hydrogens (tertiary/aromatic N) is 4. The summed E-state index contributed by atoms with van der Waals surface area (Å²) >= 11 is 0. The van der Waals surface area contributed by atoms with Crippen molar-refractivity contribution >= 4 is 45.3 Å². The minimum Gasteiger partial charge on any atom is -0.440 e. The van der Waals surface area contributed by atoms with Crippen molar-refractivity contribution in [3.8, 4) is 11.1 Å². The summed E-state index contributed by atoms with van der Waals surface area (Å²) < 4.78 is 13.9. The molecule has 1 saturated heterocycles. The van der Waals surface area contributed by atoms with Crippen LogP contribution in [0.1, 0.15) is 89.7 Å². The van der Waals surface area contributed by atoms with Crippen molar-refractivity contribution in [1.82, 2.24) is 14.5 Å². The number of para-hydroxylation sites is 1. The third-order valence-electron chi connectivity index (χ3n) is 8.62. The standard InChI is InChI=1S/C32H31N5O4.C4H10.C2H6/c1-20(38)27-17-22-19-33-32(35-31(22)37(27)24-8-2-3-9-24)34-23-7-4-6-21(16-23)25-10-5-11-26-28(39)18-29(41-30(25)26)36-12-14-40-15-13-36;1-3-4-2;1-2/h4-7,10-11,16-19,24H,2-3,8-9,12-15H2,1H3,(H,33,34,35);3-4H2,1-2H3;1-2H3. The van der Waals surface area contributed by atoms with Crippen molar-refractivity contribution < 1.29 is 13.9 Å². The molecule has 9 nitrogen and oxygen atoms in total. The molecule has 9 heteroatoms. The Labute approximate surface area is 277 Å². The van der Waals surface area contributed by atoms with Gasteiger partial charge in [0, 0.05) is 55.0 Å². The SMILES string of the molecule is CC.CC(=O)c1cc2cnc(Nc3cccc(-c4cccc5c(=O)cc(N6CCOCC6)oc45)c3)nc2n1C1CCCC1.CCCC. The Hall–Kier alpha value is -4.50. The van der Waals surface area contributed by atoms with Crippen LogP contribution < -0.4 is 15.6 Å². The number of nitrogens with one attached hydrogen (secondary N) is 1. The molecule has 47 heavy (non-hydrogen) atoms. The molecule has 0 unspecified atom stereocenters. The lowest BCUT2D eigenvalue weighted by molar-refractivity contribution is 0.100. The van der Waals surface area contributed by atoms with Gasteiger partial charge in [-0.05, 0) is 42.7 Å². The molecular weight excluding hydrogens is 590 g/mol. The van der Waals surface area contributed by atoms with E-state index in [9.17, 15) is 9.59 Å². The second kappa shape index (κ2) is 15.9. The molecule has 0 amide bonds. The number of carbonyl (C=O) groups is 1. The van der Waals surface area contributed by atoms with E-state index in [4.69, 9.17) is 14.1 Å². The van der Waals surface area contributed by atoms with Gasteiger partial charge in [-0.25, -0.2) is 4.98 Å². The van der Waals surface area contributed by atoms with Crippen molar-refractivity contribution in [2.24, 2.45) is 0 Å². The maximum Gasteiger partial charge on any atom is 0.229 e. The van der Waals surface area contributed by atoms with Crippen LogP contribution in [-0.2, 0) is 4.74 Å². The Balaban J connectivity index is 0.000000674. The predicted octanol–water partition coefficient (Wildman–Crippen LogP) is 8.94. The first-order valence-electron chi connectivity index (χ1n) is 17.1. The fourth-order valence-electron chi connectivity index (χ4n) is 6.10. The first kappa shape index (κ1) is 33.9. The number of ketones is 1. The van der Waals surface area contributed by atoms with Gasteiger partial charge in [-0.2, -0.15) is 4.98 Å². The van der Waals surface area contributed by atoms with E-state index in [2.05, 4.69) is 28.7 Å². The highest BCUT2D eigenvalue weighted by molar-refractivity contribution is 5.98. The van der Waals surface area contributed by atoms with Crippen molar-refractivity contribution in [1.29, 1.82) is 0 Å². The Bertz CT molecular complexity index is 1860. The molecule has 0 spiro atoms. The summed E-state index contributed by atoms with van der Waals surface area (Å²) in [6, 6.07) is 17.3. The number of morpholine rings is 1. The number of benzene rings is 2. The summed E-state index contributed by atoms with van der Waals surface area (Å²) in [4.78, 5) is 36.9. The van der Waals surface area contributed by atoms with Gasteiger partial charge in [-0.15, -0.1) is 0 Å². The molecule has 1 N–H and O–H groups in total. The van der Waals surface area contributed by atoms with Crippen molar-refractivity contribution in [2.75, 3.05) is 36.5 Å². The largest absolute Gasteiger partial charge is 0.440 e. The minimum absolute atomic E-state index is 0.0376.